The maximum absolute atomic E-state index is 4.49. The number of rotatable bonds is 0. The molecule has 2 rings (SSSR count). The van der Waals surface area contributed by atoms with Crippen LogP contribution in [0.3, 0.4) is 0 Å². The van der Waals surface area contributed by atoms with E-state index in [2.05, 4.69) is 16.4 Å². The minimum Gasteiger partial charge on any atom is -0.293 e. The average Bonchev–Trinajstić information content (AvgIpc) is 2.05. The third kappa shape index (κ3) is 0.991. The molecule has 0 aliphatic carbocycles. The largest absolute Gasteiger partial charge is 0.293 e. The summed E-state index contributed by atoms with van der Waals surface area (Å²) >= 11 is 0. The van der Waals surface area contributed by atoms with E-state index in [4.69, 9.17) is 0 Å². The fourth-order valence-corrected chi connectivity index (χ4v) is 1.47. The first-order chi connectivity index (χ1) is 4.97. The van der Waals surface area contributed by atoms with Gasteiger partial charge in [-0.3, -0.25) is 4.99 Å². The van der Waals surface area contributed by atoms with Crippen LogP contribution in [0.5, 0.6) is 0 Å². The summed E-state index contributed by atoms with van der Waals surface area (Å²) < 4.78 is 0. The van der Waals surface area contributed by atoms with Crippen LogP contribution >= 0.6 is 0 Å². The van der Waals surface area contributed by atoms with Gasteiger partial charge in [-0.15, -0.1) is 0 Å². The summed E-state index contributed by atoms with van der Waals surface area (Å²) in [6, 6.07) is 0.492. The molecule has 2 aliphatic heterocycles. The van der Waals surface area contributed by atoms with Gasteiger partial charge in [0, 0.05) is 19.3 Å². The van der Waals surface area contributed by atoms with Crippen molar-refractivity contribution in [2.24, 2.45) is 4.99 Å². The van der Waals surface area contributed by atoms with E-state index in [9.17, 15) is 0 Å². The first-order valence-electron chi connectivity index (χ1n) is 3.83. The van der Waals surface area contributed by atoms with Gasteiger partial charge in [-0.1, -0.05) is 6.08 Å². The van der Waals surface area contributed by atoms with E-state index in [-0.39, 0.29) is 0 Å². The van der Waals surface area contributed by atoms with E-state index in [1.165, 1.54) is 5.57 Å². The molecular weight excluding hydrogens is 124 g/mol. The lowest BCUT2D eigenvalue weighted by Gasteiger charge is -2.23. The van der Waals surface area contributed by atoms with Crippen molar-refractivity contribution in [2.75, 3.05) is 13.1 Å². The number of nitrogens with zero attached hydrogens (tertiary/aromatic N) is 2. The summed E-state index contributed by atoms with van der Waals surface area (Å²) in [7, 11) is 0. The van der Waals surface area contributed by atoms with Crippen molar-refractivity contribution in [1.29, 1.82) is 0 Å². The number of fused-ring (bicyclic) bond motifs is 1. The molecule has 0 bridgehead atoms. The zero-order valence-electron chi connectivity index (χ0n) is 5.95. The van der Waals surface area contributed by atoms with Crippen LogP contribution < -0.4 is 5.32 Å². The van der Waals surface area contributed by atoms with Crippen molar-refractivity contribution < 1.29 is 0 Å². The molecule has 0 fully saturated rings. The molecule has 1 atom stereocenters. The van der Waals surface area contributed by atoms with Gasteiger partial charge in [-0.2, -0.15) is 0 Å². The Balaban J connectivity index is 2.21. The summed E-state index contributed by atoms with van der Waals surface area (Å²) in [5.74, 6) is 0. The van der Waals surface area contributed by atoms with Crippen LogP contribution in [0.4, 0.5) is 0 Å². The van der Waals surface area contributed by atoms with Gasteiger partial charge in [0.15, 0.2) is 0 Å². The molecule has 1 radical (unpaired) electrons. The molecule has 0 N–H and O–H groups in total. The fraction of sp³-hybridized carbons (Fsp3) is 0.625. The third-order valence-corrected chi connectivity index (χ3v) is 2.02. The summed E-state index contributed by atoms with van der Waals surface area (Å²) in [5.41, 5.74) is 1.34. The van der Waals surface area contributed by atoms with E-state index in [1.807, 2.05) is 6.21 Å². The number of aliphatic imine (C=N–C) groups is 1. The normalized spacial score (nSPS) is 31.2. The first kappa shape index (κ1) is 6.10. The fourth-order valence-electron chi connectivity index (χ4n) is 1.47. The maximum Gasteiger partial charge on any atom is 0.0525 e. The highest BCUT2D eigenvalue weighted by atomic mass is 14.9. The van der Waals surface area contributed by atoms with E-state index in [0.717, 1.165) is 25.9 Å². The van der Waals surface area contributed by atoms with Crippen LogP contribution in [0, 0.1) is 0 Å². The zero-order valence-corrected chi connectivity index (χ0v) is 5.95. The van der Waals surface area contributed by atoms with Crippen LogP contribution in [-0.2, 0) is 0 Å². The van der Waals surface area contributed by atoms with Gasteiger partial charge in [0.25, 0.3) is 0 Å². The van der Waals surface area contributed by atoms with E-state index >= 15 is 0 Å². The van der Waals surface area contributed by atoms with Gasteiger partial charge < -0.3 is 0 Å². The lowest BCUT2D eigenvalue weighted by atomic mass is 9.98. The second kappa shape index (κ2) is 2.54. The van der Waals surface area contributed by atoms with Gasteiger partial charge in [-0.25, -0.2) is 5.32 Å². The Morgan fingerprint density at radius 2 is 2.40 bits per heavy atom. The first-order valence-corrected chi connectivity index (χ1v) is 3.83. The highest BCUT2D eigenvalue weighted by Crippen LogP contribution is 2.15. The maximum atomic E-state index is 4.49. The quantitative estimate of drug-likeness (QED) is 0.469. The van der Waals surface area contributed by atoms with Crippen LogP contribution in [-0.4, -0.2) is 25.3 Å². The van der Waals surface area contributed by atoms with Crippen molar-refractivity contribution in [1.82, 2.24) is 5.32 Å². The van der Waals surface area contributed by atoms with Gasteiger partial charge in [-0.05, 0) is 18.4 Å². The Morgan fingerprint density at radius 3 is 3.30 bits per heavy atom. The molecule has 0 saturated carbocycles. The van der Waals surface area contributed by atoms with Crippen LogP contribution in [0.25, 0.3) is 0 Å². The smallest absolute Gasteiger partial charge is 0.0525 e. The van der Waals surface area contributed by atoms with Gasteiger partial charge in [0.2, 0.25) is 0 Å². The van der Waals surface area contributed by atoms with E-state index in [1.54, 1.807) is 0 Å². The molecule has 2 aliphatic rings. The topological polar surface area (TPSA) is 26.5 Å². The van der Waals surface area contributed by atoms with Gasteiger partial charge in [0.05, 0.1) is 6.04 Å². The standard InChI is InChI=1S/C8H11N2/c1-2-7-6-9-5-3-8(7)10-4-1/h2,6,8H,1,3-5H2. The third-order valence-electron chi connectivity index (χ3n) is 2.02. The molecule has 0 amide bonds. The molecule has 10 heavy (non-hydrogen) atoms. The summed E-state index contributed by atoms with van der Waals surface area (Å²) in [4.78, 5) is 4.21. The minimum atomic E-state index is 0.492. The molecule has 0 aromatic rings. The van der Waals surface area contributed by atoms with Crippen LogP contribution in [0.15, 0.2) is 16.6 Å². The van der Waals surface area contributed by atoms with E-state index < -0.39 is 0 Å². The molecule has 2 heterocycles. The molecule has 53 valence electrons. The van der Waals surface area contributed by atoms with Crippen molar-refractivity contribution >= 4 is 6.21 Å². The predicted octanol–water partition coefficient (Wildman–Crippen LogP) is 0.764. The van der Waals surface area contributed by atoms with Gasteiger partial charge in [0.1, 0.15) is 0 Å². The van der Waals surface area contributed by atoms with Crippen LogP contribution in [0.2, 0.25) is 0 Å². The number of hydrogen-bond donors (Lipinski definition) is 0. The monoisotopic (exact) mass is 135 g/mol. The number of hydrogen-bond acceptors (Lipinski definition) is 1. The van der Waals surface area contributed by atoms with Crippen molar-refractivity contribution in [3.05, 3.63) is 11.6 Å². The molecule has 1 unspecified atom stereocenters. The Bertz CT molecular complexity index is 182. The molecule has 2 heteroatoms. The van der Waals surface area contributed by atoms with Crippen molar-refractivity contribution in [2.45, 2.75) is 18.9 Å². The van der Waals surface area contributed by atoms with Crippen molar-refractivity contribution in [3.63, 3.8) is 0 Å². The Kier molecular flexibility index (Phi) is 1.55. The SMILES string of the molecule is C1=NCCC2[N]CCC=C12. The Morgan fingerprint density at radius 1 is 1.40 bits per heavy atom. The van der Waals surface area contributed by atoms with Crippen LogP contribution in [0.1, 0.15) is 12.8 Å². The molecule has 2 nitrogen and oxygen atoms in total. The van der Waals surface area contributed by atoms with Gasteiger partial charge >= 0.3 is 0 Å². The highest BCUT2D eigenvalue weighted by molar-refractivity contribution is 5.81. The molecular formula is C8H11N2. The average molecular weight is 135 g/mol. The lowest BCUT2D eigenvalue weighted by molar-refractivity contribution is 0.518. The highest BCUT2D eigenvalue weighted by Gasteiger charge is 2.18. The van der Waals surface area contributed by atoms with Crippen molar-refractivity contribution in [3.8, 4) is 0 Å². The Labute approximate surface area is 61.0 Å². The van der Waals surface area contributed by atoms with E-state index in [0.29, 0.717) is 6.04 Å². The zero-order chi connectivity index (χ0) is 6.81. The lowest BCUT2D eigenvalue weighted by Crippen LogP contribution is -2.32. The second-order valence-corrected chi connectivity index (χ2v) is 2.74. The summed E-state index contributed by atoms with van der Waals surface area (Å²) in [6.07, 6.45) is 6.48. The molecule has 0 aromatic carbocycles. The predicted molar refractivity (Wildman–Crippen MR) is 41.5 cm³/mol. The molecule has 0 saturated heterocycles. The minimum absolute atomic E-state index is 0.492. The molecule has 0 spiro atoms. The molecule has 0 aromatic heterocycles. The summed E-state index contributed by atoms with van der Waals surface area (Å²) in [5, 5.41) is 4.49. The Hall–Kier alpha value is -0.630. The summed E-state index contributed by atoms with van der Waals surface area (Å²) in [6.45, 7) is 1.98. The second-order valence-electron chi connectivity index (χ2n) is 2.74.